The Kier molecular flexibility index (Phi) is 26.1. The number of esters is 1. The van der Waals surface area contributed by atoms with E-state index in [4.69, 9.17) is 10.5 Å². The number of benzene rings is 1. The molecule has 0 saturated carbocycles. The zero-order valence-corrected chi connectivity index (χ0v) is 27.3. The summed E-state index contributed by atoms with van der Waals surface area (Å²) in [5, 5.41) is 11.7. The number of unbranched alkanes of at least 4 members (excludes halogenated alkanes) is 4. The monoisotopic (exact) mass is 619 g/mol. The van der Waals surface area contributed by atoms with Gasteiger partial charge in [-0.2, -0.15) is 0 Å². The Labute approximate surface area is 264 Å². The highest BCUT2D eigenvalue weighted by atomic mass is 16.9. The maximum absolute atomic E-state index is 12.1. The van der Waals surface area contributed by atoms with E-state index in [-0.39, 0.29) is 38.4 Å². The molecule has 2 atom stereocenters. The third-order valence-electron chi connectivity index (χ3n) is 7.15. The van der Waals surface area contributed by atoms with Gasteiger partial charge < -0.3 is 20.6 Å². The lowest BCUT2D eigenvalue weighted by atomic mass is 9.93. The fourth-order valence-electron chi connectivity index (χ4n) is 4.63. The summed E-state index contributed by atoms with van der Waals surface area (Å²) < 4.78 is 5.06. The predicted molar refractivity (Wildman–Crippen MR) is 174 cm³/mol. The number of nitrogens with zero attached hydrogens (tertiary/aromatic N) is 1. The number of rotatable bonds is 25. The van der Waals surface area contributed by atoms with Crippen molar-refractivity contribution in [3.8, 4) is 0 Å². The van der Waals surface area contributed by atoms with Crippen molar-refractivity contribution in [2.45, 2.75) is 130 Å². The first-order valence-corrected chi connectivity index (χ1v) is 16.4. The SMILES string of the molecule is CC/C=C\CCCC(=O)NC(CCC(N)=O)C(=O)OCCCCO[N+](=O)[O-].CCCC(CC)CCCCCc1ccccc1. The van der Waals surface area contributed by atoms with Gasteiger partial charge in [0, 0.05) is 12.8 Å². The molecule has 0 aromatic heterocycles. The van der Waals surface area contributed by atoms with Crippen molar-refractivity contribution in [2.75, 3.05) is 13.2 Å². The second-order valence-electron chi connectivity index (χ2n) is 11.0. The fraction of sp³-hybridized carbons (Fsp3) is 0.676. The van der Waals surface area contributed by atoms with Crippen molar-refractivity contribution < 1.29 is 29.0 Å². The predicted octanol–water partition coefficient (Wildman–Crippen LogP) is 7.02. The van der Waals surface area contributed by atoms with Crippen LogP contribution in [0.1, 0.15) is 123 Å². The Bertz CT molecular complexity index is 925. The largest absolute Gasteiger partial charge is 0.464 e. The van der Waals surface area contributed by atoms with Crippen LogP contribution < -0.4 is 11.1 Å². The van der Waals surface area contributed by atoms with Crippen LogP contribution in [0.25, 0.3) is 0 Å². The molecule has 44 heavy (non-hydrogen) atoms. The average Bonchev–Trinajstić information content (AvgIpc) is 3.00. The summed E-state index contributed by atoms with van der Waals surface area (Å²) in [6.45, 7) is 6.61. The second-order valence-corrected chi connectivity index (χ2v) is 11.0. The molecule has 10 nitrogen and oxygen atoms in total. The number of nitrogens with two attached hydrogens (primary N) is 1. The molecular formula is C34H57N3O7. The van der Waals surface area contributed by atoms with Crippen LogP contribution in [-0.4, -0.2) is 42.1 Å². The van der Waals surface area contributed by atoms with Crippen LogP contribution in [0.4, 0.5) is 0 Å². The standard InChI is InChI=1S/C17H29N3O7.C17H28/c1-2-3-4-5-6-9-16(22)19-14(10-11-15(18)21)17(23)26-12-7-8-13-27-20(24)25;1-3-11-16(4-2)12-7-5-8-13-17-14-9-6-10-15-17/h3-4,14H,2,5-13H2,1H3,(H2,18,21)(H,19,22);6,9-10,14-16H,3-5,7-8,11-13H2,1-2H3/b4-3-;. The Morgan fingerprint density at radius 3 is 2.27 bits per heavy atom. The molecule has 1 rings (SSSR count). The van der Waals surface area contributed by atoms with Gasteiger partial charge in [0.2, 0.25) is 11.8 Å². The zero-order chi connectivity index (χ0) is 32.8. The molecule has 2 amide bonds. The molecule has 0 saturated heterocycles. The normalized spacial score (nSPS) is 12.1. The number of hydrogen-bond donors (Lipinski definition) is 2. The minimum absolute atomic E-state index is 0.0324. The third kappa shape index (κ3) is 25.1. The summed E-state index contributed by atoms with van der Waals surface area (Å²) in [6, 6.07) is 9.91. The summed E-state index contributed by atoms with van der Waals surface area (Å²) in [5.74, 6) is -0.559. The first kappa shape index (κ1) is 40.6. The molecule has 0 radical (unpaired) electrons. The van der Waals surface area contributed by atoms with Gasteiger partial charge in [0.1, 0.15) is 6.04 Å². The molecule has 10 heteroatoms. The van der Waals surface area contributed by atoms with Crippen molar-refractivity contribution in [3.63, 3.8) is 0 Å². The van der Waals surface area contributed by atoms with Gasteiger partial charge in [0.05, 0.1) is 13.2 Å². The topological polar surface area (TPSA) is 151 Å². The summed E-state index contributed by atoms with van der Waals surface area (Å²) in [5.41, 5.74) is 6.59. The number of amides is 2. The van der Waals surface area contributed by atoms with Gasteiger partial charge in [-0.25, -0.2) is 4.79 Å². The lowest BCUT2D eigenvalue weighted by Crippen LogP contribution is -2.42. The van der Waals surface area contributed by atoms with E-state index in [1.165, 1.54) is 56.9 Å². The van der Waals surface area contributed by atoms with Crippen molar-refractivity contribution in [3.05, 3.63) is 58.2 Å². The van der Waals surface area contributed by atoms with Crippen LogP contribution in [0.15, 0.2) is 42.5 Å². The fourth-order valence-corrected chi connectivity index (χ4v) is 4.63. The number of allylic oxidation sites excluding steroid dienone is 2. The van der Waals surface area contributed by atoms with Gasteiger partial charge in [-0.1, -0.05) is 102 Å². The highest BCUT2D eigenvalue weighted by Crippen LogP contribution is 2.19. The molecule has 2 unspecified atom stereocenters. The van der Waals surface area contributed by atoms with Crippen LogP contribution in [-0.2, 0) is 30.4 Å². The summed E-state index contributed by atoms with van der Waals surface area (Å²) in [7, 11) is 0. The number of carbonyl (C=O) groups excluding carboxylic acids is 3. The maximum Gasteiger partial charge on any atom is 0.328 e. The van der Waals surface area contributed by atoms with Crippen molar-refractivity contribution in [2.24, 2.45) is 11.7 Å². The number of ether oxygens (including phenoxy) is 1. The lowest BCUT2D eigenvalue weighted by molar-refractivity contribution is -0.757. The van der Waals surface area contributed by atoms with Gasteiger partial charge >= 0.3 is 5.97 Å². The Morgan fingerprint density at radius 2 is 1.64 bits per heavy atom. The van der Waals surface area contributed by atoms with Crippen LogP contribution >= 0.6 is 0 Å². The number of hydrogen-bond acceptors (Lipinski definition) is 7. The molecule has 3 N–H and O–H groups in total. The van der Waals surface area contributed by atoms with Crippen molar-refractivity contribution in [1.82, 2.24) is 5.32 Å². The molecule has 0 aliphatic rings. The number of primary amides is 1. The van der Waals surface area contributed by atoms with Crippen LogP contribution in [0, 0.1) is 16.0 Å². The first-order chi connectivity index (χ1) is 21.2. The highest BCUT2D eigenvalue weighted by molar-refractivity contribution is 5.85. The molecule has 1 aromatic carbocycles. The van der Waals surface area contributed by atoms with E-state index < -0.39 is 23.0 Å². The van der Waals surface area contributed by atoms with Crippen molar-refractivity contribution in [1.29, 1.82) is 0 Å². The highest BCUT2D eigenvalue weighted by Gasteiger charge is 2.22. The van der Waals surface area contributed by atoms with E-state index in [1.54, 1.807) is 0 Å². The molecular weight excluding hydrogens is 562 g/mol. The van der Waals surface area contributed by atoms with Gasteiger partial charge in [0.15, 0.2) is 0 Å². The molecule has 0 bridgehead atoms. The summed E-state index contributed by atoms with van der Waals surface area (Å²) >= 11 is 0. The van der Waals surface area contributed by atoms with Gasteiger partial charge in [-0.05, 0) is 62.8 Å². The zero-order valence-electron chi connectivity index (χ0n) is 27.3. The maximum atomic E-state index is 12.1. The molecule has 0 fully saturated rings. The van der Waals surface area contributed by atoms with Crippen LogP contribution in [0.2, 0.25) is 0 Å². The molecule has 0 spiro atoms. The smallest absolute Gasteiger partial charge is 0.328 e. The van der Waals surface area contributed by atoms with E-state index in [1.807, 2.05) is 19.1 Å². The van der Waals surface area contributed by atoms with Gasteiger partial charge in [-0.3, -0.25) is 9.59 Å². The molecule has 1 aromatic rings. The van der Waals surface area contributed by atoms with Crippen LogP contribution in [0.5, 0.6) is 0 Å². The Morgan fingerprint density at radius 1 is 0.909 bits per heavy atom. The van der Waals surface area contributed by atoms with E-state index in [0.29, 0.717) is 19.3 Å². The third-order valence-corrected chi connectivity index (χ3v) is 7.15. The van der Waals surface area contributed by atoms with E-state index in [2.05, 4.69) is 54.3 Å². The molecule has 250 valence electrons. The number of nitrogens with one attached hydrogen (secondary N) is 1. The minimum atomic E-state index is -0.953. The van der Waals surface area contributed by atoms with Gasteiger partial charge in [0.25, 0.3) is 5.09 Å². The summed E-state index contributed by atoms with van der Waals surface area (Å²) in [6.07, 6.45) is 18.4. The number of aryl methyl sites for hydroxylation is 1. The van der Waals surface area contributed by atoms with Gasteiger partial charge in [-0.15, -0.1) is 10.1 Å². The summed E-state index contributed by atoms with van der Waals surface area (Å²) in [4.78, 5) is 49.2. The van der Waals surface area contributed by atoms with Crippen LogP contribution in [0.3, 0.4) is 0 Å². The quantitative estimate of drug-likeness (QED) is 0.0392. The minimum Gasteiger partial charge on any atom is -0.464 e. The van der Waals surface area contributed by atoms with E-state index in [0.717, 1.165) is 18.8 Å². The average molecular weight is 620 g/mol. The lowest BCUT2D eigenvalue weighted by Gasteiger charge is -2.17. The Hall–Kier alpha value is -3.43. The van der Waals surface area contributed by atoms with E-state index >= 15 is 0 Å². The van der Waals surface area contributed by atoms with E-state index in [9.17, 15) is 24.5 Å². The second kappa shape index (κ2) is 28.3. The molecule has 0 heterocycles. The Balaban J connectivity index is 0.000000928. The number of carbonyl (C=O) groups is 3. The van der Waals surface area contributed by atoms with Crippen molar-refractivity contribution >= 4 is 17.8 Å². The molecule has 0 aliphatic heterocycles. The molecule has 0 aliphatic carbocycles. The first-order valence-electron chi connectivity index (χ1n) is 16.4.